The fraction of sp³-hybridized carbons (Fsp3) is 0.250. The Bertz CT molecular complexity index is 697. The maximum atomic E-state index is 13.8. The molecule has 1 heterocycles. The highest BCUT2D eigenvalue weighted by Crippen LogP contribution is 2.34. The summed E-state index contributed by atoms with van der Waals surface area (Å²) in [5.41, 5.74) is 2.65. The van der Waals surface area contributed by atoms with Crippen molar-refractivity contribution < 1.29 is 13.6 Å². The second-order valence-corrected chi connectivity index (χ2v) is 5.14. The number of aromatic nitrogens is 1. The number of Topliss-reactive ketones (excluding diaryl/α,β-unsaturated/α-hetero) is 1. The topological polar surface area (TPSA) is 30.0 Å². The molecular weight excluding hydrogens is 260 g/mol. The molecule has 0 spiro atoms. The highest BCUT2D eigenvalue weighted by atomic mass is 19.1. The number of benzene rings is 1. The highest BCUT2D eigenvalue weighted by Gasteiger charge is 2.29. The maximum absolute atomic E-state index is 13.8. The van der Waals surface area contributed by atoms with Gasteiger partial charge in [0.2, 0.25) is 0 Å². The van der Waals surface area contributed by atoms with Crippen molar-refractivity contribution in [1.82, 2.24) is 4.98 Å². The van der Waals surface area contributed by atoms with Crippen LogP contribution >= 0.6 is 0 Å². The van der Waals surface area contributed by atoms with Gasteiger partial charge in [0.1, 0.15) is 11.6 Å². The molecule has 0 bridgehead atoms. The first kappa shape index (κ1) is 12.9. The number of carbonyl (C=O) groups is 1. The number of halogens is 2. The highest BCUT2D eigenvalue weighted by molar-refractivity contribution is 6.00. The van der Waals surface area contributed by atoms with Crippen LogP contribution in [0.2, 0.25) is 0 Å². The van der Waals surface area contributed by atoms with Gasteiger partial charge in [-0.3, -0.25) is 9.78 Å². The second-order valence-electron chi connectivity index (χ2n) is 5.14. The van der Waals surface area contributed by atoms with Crippen molar-refractivity contribution in [3.63, 3.8) is 0 Å². The van der Waals surface area contributed by atoms with Gasteiger partial charge in [-0.15, -0.1) is 0 Å². The third-order valence-electron chi connectivity index (χ3n) is 3.79. The molecule has 1 aliphatic carbocycles. The van der Waals surface area contributed by atoms with Crippen LogP contribution in [-0.2, 0) is 6.42 Å². The zero-order valence-electron chi connectivity index (χ0n) is 11.0. The smallest absolute Gasteiger partial charge is 0.165 e. The van der Waals surface area contributed by atoms with Crippen LogP contribution in [0.1, 0.15) is 39.5 Å². The van der Waals surface area contributed by atoms with Crippen LogP contribution in [0, 0.1) is 18.6 Å². The van der Waals surface area contributed by atoms with Gasteiger partial charge in [0, 0.05) is 24.2 Å². The van der Waals surface area contributed by atoms with E-state index in [9.17, 15) is 13.6 Å². The third kappa shape index (κ3) is 2.11. The van der Waals surface area contributed by atoms with E-state index < -0.39 is 11.6 Å². The molecule has 0 N–H and O–H groups in total. The minimum atomic E-state index is -0.609. The largest absolute Gasteiger partial charge is 0.294 e. The first-order chi connectivity index (χ1) is 9.56. The number of rotatable bonds is 1. The van der Waals surface area contributed by atoms with Crippen LogP contribution in [0.5, 0.6) is 0 Å². The van der Waals surface area contributed by atoms with Gasteiger partial charge in [0.25, 0.3) is 0 Å². The van der Waals surface area contributed by atoms with Gasteiger partial charge in [0.15, 0.2) is 5.78 Å². The molecule has 102 valence electrons. The Balaban J connectivity index is 2.01. The van der Waals surface area contributed by atoms with Crippen molar-refractivity contribution in [1.29, 1.82) is 0 Å². The van der Waals surface area contributed by atoms with Gasteiger partial charge in [-0.25, -0.2) is 8.78 Å². The number of aryl methyl sites for hydroxylation is 1. The Morgan fingerprint density at radius 2 is 2.00 bits per heavy atom. The van der Waals surface area contributed by atoms with Crippen molar-refractivity contribution >= 4 is 5.78 Å². The molecule has 0 radical (unpaired) electrons. The summed E-state index contributed by atoms with van der Waals surface area (Å²) in [6.45, 7) is 1.87. The summed E-state index contributed by atoms with van der Waals surface area (Å²) in [4.78, 5) is 16.5. The fourth-order valence-electron chi connectivity index (χ4n) is 2.83. The van der Waals surface area contributed by atoms with Crippen molar-refractivity contribution in [2.75, 3.05) is 0 Å². The number of fused-ring (bicyclic) bond motifs is 1. The van der Waals surface area contributed by atoms with E-state index in [-0.39, 0.29) is 18.1 Å². The Morgan fingerprint density at radius 3 is 2.75 bits per heavy atom. The molecule has 1 aromatic heterocycles. The maximum Gasteiger partial charge on any atom is 0.165 e. The van der Waals surface area contributed by atoms with E-state index in [1.54, 1.807) is 12.3 Å². The van der Waals surface area contributed by atoms with Gasteiger partial charge in [-0.2, -0.15) is 0 Å². The SMILES string of the molecule is Cc1ccnc2c1C(=O)CC(c1ccc(F)cc1F)C2. The van der Waals surface area contributed by atoms with E-state index >= 15 is 0 Å². The molecule has 0 aliphatic heterocycles. The van der Waals surface area contributed by atoms with E-state index in [4.69, 9.17) is 0 Å². The second kappa shape index (κ2) is 4.78. The number of carbonyl (C=O) groups excluding carboxylic acids is 1. The molecule has 3 rings (SSSR count). The van der Waals surface area contributed by atoms with E-state index in [1.807, 2.05) is 6.92 Å². The Morgan fingerprint density at radius 1 is 1.20 bits per heavy atom. The molecular formula is C16H13F2NO. The van der Waals surface area contributed by atoms with Gasteiger partial charge in [-0.1, -0.05) is 6.07 Å². The summed E-state index contributed by atoms with van der Waals surface area (Å²) in [5.74, 6) is -1.50. The molecule has 20 heavy (non-hydrogen) atoms. The Kier molecular flexibility index (Phi) is 3.08. The molecule has 0 saturated carbocycles. The summed E-state index contributed by atoms with van der Waals surface area (Å²) >= 11 is 0. The Labute approximate surface area is 115 Å². The standard InChI is InChI=1S/C16H13F2NO/c1-9-4-5-19-14-6-10(7-15(20)16(9)14)12-3-2-11(17)8-13(12)18/h2-5,8,10H,6-7H2,1H3. The zero-order valence-corrected chi connectivity index (χ0v) is 11.0. The summed E-state index contributed by atoms with van der Waals surface area (Å²) in [6, 6.07) is 5.31. The predicted molar refractivity (Wildman–Crippen MR) is 70.7 cm³/mol. The average Bonchev–Trinajstić information content (AvgIpc) is 2.38. The summed E-state index contributed by atoms with van der Waals surface area (Å²) in [6.07, 6.45) is 2.40. The number of hydrogen-bond donors (Lipinski definition) is 0. The quantitative estimate of drug-likeness (QED) is 0.795. The van der Waals surface area contributed by atoms with Gasteiger partial charge in [-0.05, 0) is 42.5 Å². The van der Waals surface area contributed by atoms with Crippen molar-refractivity contribution in [3.05, 3.63) is 64.5 Å². The lowest BCUT2D eigenvalue weighted by Crippen LogP contribution is -2.21. The molecule has 2 aromatic rings. The molecule has 1 unspecified atom stereocenters. The number of hydrogen-bond acceptors (Lipinski definition) is 2. The van der Waals surface area contributed by atoms with Crippen LogP contribution in [0.25, 0.3) is 0 Å². The normalized spacial score (nSPS) is 17.9. The molecule has 1 aliphatic rings. The molecule has 1 atom stereocenters. The monoisotopic (exact) mass is 273 g/mol. The zero-order chi connectivity index (χ0) is 14.3. The molecule has 4 heteroatoms. The van der Waals surface area contributed by atoms with E-state index in [2.05, 4.69) is 4.98 Å². The number of pyridine rings is 1. The fourth-order valence-corrected chi connectivity index (χ4v) is 2.83. The summed E-state index contributed by atoms with van der Waals surface area (Å²) in [7, 11) is 0. The summed E-state index contributed by atoms with van der Waals surface area (Å²) in [5, 5.41) is 0. The van der Waals surface area contributed by atoms with E-state index in [0.29, 0.717) is 23.2 Å². The molecule has 2 nitrogen and oxygen atoms in total. The van der Waals surface area contributed by atoms with Crippen LogP contribution in [0.4, 0.5) is 8.78 Å². The first-order valence-corrected chi connectivity index (χ1v) is 6.49. The average molecular weight is 273 g/mol. The summed E-state index contributed by atoms with van der Waals surface area (Å²) < 4.78 is 26.8. The van der Waals surface area contributed by atoms with Gasteiger partial charge >= 0.3 is 0 Å². The van der Waals surface area contributed by atoms with Gasteiger partial charge in [0.05, 0.1) is 5.69 Å². The lowest BCUT2D eigenvalue weighted by atomic mass is 9.80. The lowest BCUT2D eigenvalue weighted by Gasteiger charge is -2.24. The van der Waals surface area contributed by atoms with E-state index in [0.717, 1.165) is 11.6 Å². The van der Waals surface area contributed by atoms with E-state index in [1.165, 1.54) is 12.1 Å². The Hall–Kier alpha value is -2.10. The predicted octanol–water partition coefficient (Wildman–Crippen LogP) is 3.58. The number of nitrogens with zero attached hydrogens (tertiary/aromatic N) is 1. The minimum absolute atomic E-state index is 0.0226. The van der Waals surface area contributed by atoms with Gasteiger partial charge < -0.3 is 0 Å². The van der Waals surface area contributed by atoms with Crippen LogP contribution in [0.15, 0.2) is 30.5 Å². The van der Waals surface area contributed by atoms with Crippen LogP contribution < -0.4 is 0 Å². The van der Waals surface area contributed by atoms with Crippen molar-refractivity contribution in [3.8, 4) is 0 Å². The van der Waals surface area contributed by atoms with Crippen LogP contribution in [0.3, 0.4) is 0 Å². The lowest BCUT2D eigenvalue weighted by molar-refractivity contribution is 0.0962. The molecule has 1 aromatic carbocycles. The van der Waals surface area contributed by atoms with Crippen molar-refractivity contribution in [2.24, 2.45) is 0 Å². The molecule has 0 fully saturated rings. The number of ketones is 1. The third-order valence-corrected chi connectivity index (χ3v) is 3.79. The van der Waals surface area contributed by atoms with Crippen LogP contribution in [-0.4, -0.2) is 10.8 Å². The molecule has 0 saturated heterocycles. The van der Waals surface area contributed by atoms with Crippen molar-refractivity contribution in [2.45, 2.75) is 25.7 Å². The first-order valence-electron chi connectivity index (χ1n) is 6.49. The molecule has 0 amide bonds. The minimum Gasteiger partial charge on any atom is -0.294 e.